The number of aromatic nitrogens is 1. The average molecular weight is 512 g/mol. The summed E-state index contributed by atoms with van der Waals surface area (Å²) in [6, 6.07) is 20.0. The molecule has 0 saturated carbocycles. The summed E-state index contributed by atoms with van der Waals surface area (Å²) in [5, 5.41) is 4.10. The highest BCUT2D eigenvalue weighted by molar-refractivity contribution is 6.05. The lowest BCUT2D eigenvalue weighted by molar-refractivity contribution is -0.121. The van der Waals surface area contributed by atoms with Gasteiger partial charge in [-0.25, -0.2) is 0 Å². The standard InChI is InChI=1S/C31H33N3O4/c1-19(2)16-27(30(35)32-25-15-14-20(37-4)17-28(25)38-5)34-29(22-11-6-7-12-23(22)31(34)36)24-18-33(3)26-13-9-8-10-21(24)26/h6-15,17-19,27,29H,16H2,1-5H3,(H,32,35). The minimum atomic E-state index is -0.703. The van der Waals surface area contributed by atoms with Crippen LogP contribution in [0, 0.1) is 5.92 Å². The molecule has 2 heterocycles. The lowest BCUT2D eigenvalue weighted by Gasteiger charge is -2.34. The number of carbonyl (C=O) groups is 2. The van der Waals surface area contributed by atoms with E-state index in [1.807, 2.05) is 43.4 Å². The fourth-order valence-corrected chi connectivity index (χ4v) is 5.48. The second kappa shape index (κ2) is 10.2. The first kappa shape index (κ1) is 25.4. The number of nitrogens with one attached hydrogen (secondary N) is 1. The van der Waals surface area contributed by atoms with Crippen LogP contribution < -0.4 is 14.8 Å². The monoisotopic (exact) mass is 511 g/mol. The quantitative estimate of drug-likeness (QED) is 0.325. The third-order valence-corrected chi connectivity index (χ3v) is 7.22. The number of rotatable bonds is 8. The first-order chi connectivity index (χ1) is 18.3. The van der Waals surface area contributed by atoms with Crippen LogP contribution in [-0.4, -0.2) is 41.5 Å². The maximum absolute atomic E-state index is 14.0. The molecule has 7 heteroatoms. The fraction of sp³-hybridized carbons (Fsp3) is 0.290. The molecular formula is C31H33N3O4. The van der Waals surface area contributed by atoms with Gasteiger partial charge in [0.05, 0.1) is 25.9 Å². The summed E-state index contributed by atoms with van der Waals surface area (Å²) in [6.45, 7) is 4.13. The number of benzene rings is 3. The largest absolute Gasteiger partial charge is 0.497 e. The highest BCUT2D eigenvalue weighted by Gasteiger charge is 2.45. The van der Waals surface area contributed by atoms with Crippen molar-refractivity contribution in [3.8, 4) is 11.5 Å². The van der Waals surface area contributed by atoms with Gasteiger partial charge in [-0.2, -0.15) is 0 Å². The lowest BCUT2D eigenvalue weighted by atomic mass is 9.95. The van der Waals surface area contributed by atoms with Crippen molar-refractivity contribution in [1.29, 1.82) is 0 Å². The Morgan fingerprint density at radius 1 is 0.974 bits per heavy atom. The number of fused-ring (bicyclic) bond motifs is 2. The second-order valence-corrected chi connectivity index (χ2v) is 10.1. The average Bonchev–Trinajstić information content (AvgIpc) is 3.41. The molecule has 0 bridgehead atoms. The SMILES string of the molecule is COc1ccc(NC(=O)C(CC(C)C)N2C(=O)c3ccccc3C2c2cn(C)c3ccccc23)c(OC)c1. The molecule has 0 spiro atoms. The molecule has 1 aliphatic heterocycles. The van der Waals surface area contributed by atoms with Gasteiger partial charge in [0, 0.05) is 41.3 Å². The van der Waals surface area contributed by atoms with Crippen LogP contribution in [0.2, 0.25) is 0 Å². The van der Waals surface area contributed by atoms with Crippen molar-refractivity contribution in [2.45, 2.75) is 32.4 Å². The number of nitrogens with zero attached hydrogens (tertiary/aromatic N) is 2. The smallest absolute Gasteiger partial charge is 0.255 e. The summed E-state index contributed by atoms with van der Waals surface area (Å²) in [5.74, 6) is 0.894. The molecule has 2 amide bonds. The van der Waals surface area contributed by atoms with Crippen LogP contribution in [0.3, 0.4) is 0 Å². The highest BCUT2D eigenvalue weighted by atomic mass is 16.5. The van der Waals surface area contributed by atoms with Crippen molar-refractivity contribution >= 4 is 28.4 Å². The first-order valence-corrected chi connectivity index (χ1v) is 12.8. The molecule has 1 aromatic heterocycles. The summed E-state index contributed by atoms with van der Waals surface area (Å²) >= 11 is 0. The molecule has 0 fully saturated rings. The van der Waals surface area contributed by atoms with E-state index in [4.69, 9.17) is 9.47 Å². The van der Waals surface area contributed by atoms with E-state index < -0.39 is 12.1 Å². The fourth-order valence-electron chi connectivity index (χ4n) is 5.48. The van der Waals surface area contributed by atoms with Crippen LogP contribution in [0.1, 0.15) is 47.8 Å². The third-order valence-electron chi connectivity index (χ3n) is 7.22. The molecule has 3 aromatic carbocycles. The zero-order chi connectivity index (χ0) is 27.0. The van der Waals surface area contributed by atoms with Gasteiger partial charge in [-0.05, 0) is 42.2 Å². The highest BCUT2D eigenvalue weighted by Crippen LogP contribution is 2.44. The van der Waals surface area contributed by atoms with E-state index in [-0.39, 0.29) is 17.7 Å². The molecule has 0 aliphatic carbocycles. The number of hydrogen-bond acceptors (Lipinski definition) is 4. The molecule has 0 radical (unpaired) electrons. The van der Waals surface area contributed by atoms with Crippen molar-refractivity contribution in [3.63, 3.8) is 0 Å². The van der Waals surface area contributed by atoms with Crippen LogP contribution in [0.4, 0.5) is 5.69 Å². The summed E-state index contributed by atoms with van der Waals surface area (Å²) in [7, 11) is 5.14. The van der Waals surface area contributed by atoms with Gasteiger partial charge in [-0.1, -0.05) is 50.2 Å². The van der Waals surface area contributed by atoms with Crippen molar-refractivity contribution in [2.24, 2.45) is 13.0 Å². The van der Waals surface area contributed by atoms with Gasteiger partial charge in [0.1, 0.15) is 17.5 Å². The Morgan fingerprint density at radius 2 is 1.71 bits per heavy atom. The molecule has 1 N–H and O–H groups in total. The minimum absolute atomic E-state index is 0.138. The van der Waals surface area contributed by atoms with Crippen LogP contribution in [0.15, 0.2) is 72.9 Å². The topological polar surface area (TPSA) is 72.8 Å². The van der Waals surface area contributed by atoms with Gasteiger partial charge in [0.15, 0.2) is 0 Å². The normalized spacial score (nSPS) is 15.6. The van der Waals surface area contributed by atoms with Crippen molar-refractivity contribution in [2.75, 3.05) is 19.5 Å². The van der Waals surface area contributed by atoms with E-state index in [9.17, 15) is 9.59 Å². The summed E-state index contributed by atoms with van der Waals surface area (Å²) in [4.78, 5) is 29.8. The molecular weight excluding hydrogens is 478 g/mol. The van der Waals surface area contributed by atoms with Gasteiger partial charge >= 0.3 is 0 Å². The zero-order valence-electron chi connectivity index (χ0n) is 22.4. The molecule has 7 nitrogen and oxygen atoms in total. The molecule has 196 valence electrons. The van der Waals surface area contributed by atoms with Crippen molar-refractivity contribution in [1.82, 2.24) is 9.47 Å². The van der Waals surface area contributed by atoms with E-state index >= 15 is 0 Å². The van der Waals surface area contributed by atoms with Gasteiger partial charge < -0.3 is 24.3 Å². The summed E-state index contributed by atoms with van der Waals surface area (Å²) in [6.07, 6.45) is 2.58. The molecule has 2 atom stereocenters. The molecule has 5 rings (SSSR count). The van der Waals surface area contributed by atoms with Crippen LogP contribution in [0.5, 0.6) is 11.5 Å². The minimum Gasteiger partial charge on any atom is -0.497 e. The number of para-hydroxylation sites is 1. The number of anilines is 1. The number of ether oxygens (including phenoxy) is 2. The Morgan fingerprint density at radius 3 is 2.45 bits per heavy atom. The van der Waals surface area contributed by atoms with E-state index in [0.717, 1.165) is 22.0 Å². The van der Waals surface area contributed by atoms with Crippen molar-refractivity contribution < 1.29 is 19.1 Å². The van der Waals surface area contributed by atoms with Gasteiger partial charge in [-0.15, -0.1) is 0 Å². The van der Waals surface area contributed by atoms with Gasteiger partial charge in [0.2, 0.25) is 5.91 Å². The zero-order valence-corrected chi connectivity index (χ0v) is 22.4. The third kappa shape index (κ3) is 4.38. The van der Waals surface area contributed by atoms with E-state index in [0.29, 0.717) is 29.2 Å². The number of hydrogen-bond donors (Lipinski definition) is 1. The maximum Gasteiger partial charge on any atom is 0.255 e. The van der Waals surface area contributed by atoms with Gasteiger partial charge in [-0.3, -0.25) is 9.59 Å². The molecule has 4 aromatic rings. The first-order valence-electron chi connectivity index (χ1n) is 12.8. The Labute approximate surface area is 223 Å². The summed E-state index contributed by atoms with van der Waals surface area (Å²) < 4.78 is 12.9. The maximum atomic E-state index is 14.0. The lowest BCUT2D eigenvalue weighted by Crippen LogP contribution is -2.47. The Kier molecular flexibility index (Phi) is 6.85. The van der Waals surface area contributed by atoms with E-state index in [2.05, 4.69) is 42.1 Å². The number of amides is 2. The van der Waals surface area contributed by atoms with Crippen LogP contribution in [0.25, 0.3) is 10.9 Å². The van der Waals surface area contributed by atoms with Crippen LogP contribution in [-0.2, 0) is 11.8 Å². The predicted octanol–water partition coefficient (Wildman–Crippen LogP) is 5.79. The molecule has 38 heavy (non-hydrogen) atoms. The molecule has 2 unspecified atom stereocenters. The van der Waals surface area contributed by atoms with Crippen LogP contribution >= 0.6 is 0 Å². The van der Waals surface area contributed by atoms with Crippen molar-refractivity contribution in [3.05, 3.63) is 89.6 Å². The summed E-state index contributed by atoms with van der Waals surface area (Å²) in [5.41, 5.74) is 4.15. The van der Waals surface area contributed by atoms with E-state index in [1.54, 1.807) is 37.3 Å². The number of methoxy groups -OCH3 is 2. The number of aryl methyl sites for hydroxylation is 1. The Bertz CT molecular complexity index is 1510. The molecule has 0 saturated heterocycles. The Hall–Kier alpha value is -4.26. The molecule has 1 aliphatic rings. The second-order valence-electron chi connectivity index (χ2n) is 10.1. The predicted molar refractivity (Wildman–Crippen MR) is 149 cm³/mol. The van der Waals surface area contributed by atoms with E-state index in [1.165, 1.54) is 0 Å². The van der Waals surface area contributed by atoms with Gasteiger partial charge in [0.25, 0.3) is 5.91 Å². The Balaban J connectivity index is 1.61. The number of carbonyl (C=O) groups excluding carboxylic acids is 2.